The minimum absolute atomic E-state index is 0.462. The summed E-state index contributed by atoms with van der Waals surface area (Å²) >= 11 is 5.84. The van der Waals surface area contributed by atoms with Gasteiger partial charge in [-0.15, -0.1) is 0 Å². The van der Waals surface area contributed by atoms with Crippen LogP contribution in [0.5, 0.6) is 0 Å². The molecule has 0 amide bonds. The lowest BCUT2D eigenvalue weighted by atomic mass is 10.1. The molecule has 0 heterocycles. The molecule has 0 saturated carbocycles. The van der Waals surface area contributed by atoms with Crippen LogP contribution < -0.4 is 5.32 Å². The second-order valence-electron chi connectivity index (χ2n) is 2.58. The summed E-state index contributed by atoms with van der Waals surface area (Å²) in [5.41, 5.74) is 0.583. The Morgan fingerprint density at radius 2 is 2.15 bits per heavy atom. The molecule has 0 aliphatic heterocycles. The molecule has 2 N–H and O–H groups in total. The quantitative estimate of drug-likeness (QED) is 0.779. The van der Waals surface area contributed by atoms with Gasteiger partial charge in [-0.1, -0.05) is 29.8 Å². The second kappa shape index (κ2) is 4.25. The molecule has 0 bridgehead atoms. The second-order valence-corrected chi connectivity index (χ2v) is 2.99. The highest BCUT2D eigenvalue weighted by atomic mass is 35.5. The number of hydrogen-bond acceptors (Lipinski definition) is 2. The third-order valence-electron chi connectivity index (χ3n) is 1.75. The SMILES string of the molecule is CNC(C(=O)O)c1ccccc1Cl. The Morgan fingerprint density at radius 1 is 1.54 bits per heavy atom. The van der Waals surface area contributed by atoms with Crippen LogP contribution in [0.15, 0.2) is 24.3 Å². The van der Waals surface area contributed by atoms with E-state index in [2.05, 4.69) is 5.32 Å². The highest BCUT2D eigenvalue weighted by Crippen LogP contribution is 2.22. The Labute approximate surface area is 81.3 Å². The van der Waals surface area contributed by atoms with Crippen LogP contribution in [-0.2, 0) is 4.79 Å². The van der Waals surface area contributed by atoms with Crippen molar-refractivity contribution in [3.05, 3.63) is 34.9 Å². The average molecular weight is 200 g/mol. The zero-order valence-electron chi connectivity index (χ0n) is 7.12. The molecule has 70 valence electrons. The molecule has 0 aromatic heterocycles. The predicted octanol–water partition coefficient (Wildman–Crippen LogP) is 1.69. The number of carboxylic acid groups (broad SMARTS) is 1. The molecule has 0 fully saturated rings. The van der Waals surface area contributed by atoms with Crippen molar-refractivity contribution >= 4 is 17.6 Å². The number of carbonyl (C=O) groups is 1. The smallest absolute Gasteiger partial charge is 0.325 e. The molecule has 0 aliphatic rings. The number of carboxylic acids is 1. The van der Waals surface area contributed by atoms with E-state index < -0.39 is 12.0 Å². The maximum atomic E-state index is 10.8. The minimum Gasteiger partial charge on any atom is -0.480 e. The van der Waals surface area contributed by atoms with Crippen molar-refractivity contribution < 1.29 is 9.90 Å². The highest BCUT2D eigenvalue weighted by Gasteiger charge is 2.19. The zero-order chi connectivity index (χ0) is 9.84. The third-order valence-corrected chi connectivity index (χ3v) is 2.10. The van der Waals surface area contributed by atoms with Gasteiger partial charge >= 0.3 is 5.97 Å². The van der Waals surface area contributed by atoms with Crippen molar-refractivity contribution in [3.8, 4) is 0 Å². The summed E-state index contributed by atoms with van der Waals surface area (Å²) in [7, 11) is 1.59. The van der Waals surface area contributed by atoms with E-state index in [1.54, 1.807) is 31.3 Å². The molecule has 3 nitrogen and oxygen atoms in total. The monoisotopic (exact) mass is 199 g/mol. The van der Waals surface area contributed by atoms with Crippen LogP contribution in [0.3, 0.4) is 0 Å². The maximum absolute atomic E-state index is 10.8. The molecule has 0 aliphatic carbocycles. The van der Waals surface area contributed by atoms with Gasteiger partial charge in [-0.2, -0.15) is 0 Å². The van der Waals surface area contributed by atoms with Gasteiger partial charge in [0.15, 0.2) is 0 Å². The first kappa shape index (κ1) is 10.0. The summed E-state index contributed by atoms with van der Waals surface area (Å²) in [5.74, 6) is -0.935. The Bertz CT molecular complexity index is 314. The molecule has 4 heteroatoms. The van der Waals surface area contributed by atoms with Gasteiger partial charge in [0, 0.05) is 5.02 Å². The molecule has 1 aromatic rings. The first-order chi connectivity index (χ1) is 6.16. The van der Waals surface area contributed by atoms with Crippen LogP contribution in [0.1, 0.15) is 11.6 Å². The van der Waals surface area contributed by atoms with E-state index in [-0.39, 0.29) is 0 Å². The first-order valence-corrected chi connectivity index (χ1v) is 4.19. The normalized spacial score (nSPS) is 12.5. The van der Waals surface area contributed by atoms with Crippen molar-refractivity contribution in [1.29, 1.82) is 0 Å². The maximum Gasteiger partial charge on any atom is 0.325 e. The van der Waals surface area contributed by atoms with Gasteiger partial charge in [-0.3, -0.25) is 4.79 Å². The van der Waals surface area contributed by atoms with Gasteiger partial charge < -0.3 is 10.4 Å². The van der Waals surface area contributed by atoms with Crippen LogP contribution in [0.25, 0.3) is 0 Å². The van der Waals surface area contributed by atoms with Gasteiger partial charge in [0.2, 0.25) is 0 Å². The number of likely N-dealkylation sites (N-methyl/N-ethyl adjacent to an activating group) is 1. The summed E-state index contributed by atoms with van der Waals surface area (Å²) in [5, 5.41) is 12.0. The fourth-order valence-electron chi connectivity index (χ4n) is 1.12. The van der Waals surface area contributed by atoms with Crippen molar-refractivity contribution in [1.82, 2.24) is 5.32 Å². The van der Waals surface area contributed by atoms with Crippen molar-refractivity contribution in [2.45, 2.75) is 6.04 Å². The molecule has 1 atom stereocenters. The number of benzene rings is 1. The molecule has 1 rings (SSSR count). The Balaban J connectivity index is 3.04. The highest BCUT2D eigenvalue weighted by molar-refractivity contribution is 6.31. The van der Waals surface area contributed by atoms with E-state index in [1.807, 2.05) is 0 Å². The lowest BCUT2D eigenvalue weighted by Gasteiger charge is -2.12. The average Bonchev–Trinajstić information content (AvgIpc) is 2.09. The van der Waals surface area contributed by atoms with Gasteiger partial charge in [-0.05, 0) is 18.7 Å². The predicted molar refractivity (Wildman–Crippen MR) is 50.9 cm³/mol. The van der Waals surface area contributed by atoms with Gasteiger partial charge in [-0.25, -0.2) is 0 Å². The standard InChI is InChI=1S/C9H10ClNO2/c1-11-8(9(12)13)6-4-2-3-5-7(6)10/h2-5,8,11H,1H3,(H,12,13). The molecule has 0 spiro atoms. The van der Waals surface area contributed by atoms with Crippen LogP contribution in [-0.4, -0.2) is 18.1 Å². The summed E-state index contributed by atoms with van der Waals surface area (Å²) in [6, 6.07) is 6.14. The number of hydrogen-bond donors (Lipinski definition) is 2. The Morgan fingerprint density at radius 3 is 2.62 bits per heavy atom. The first-order valence-electron chi connectivity index (χ1n) is 3.81. The third kappa shape index (κ3) is 2.20. The minimum atomic E-state index is -0.935. The largest absolute Gasteiger partial charge is 0.480 e. The fourth-order valence-corrected chi connectivity index (χ4v) is 1.37. The molecule has 1 aromatic carbocycles. The summed E-state index contributed by atoms with van der Waals surface area (Å²) in [6.07, 6.45) is 0. The van der Waals surface area contributed by atoms with Gasteiger partial charge in [0.1, 0.15) is 6.04 Å². The Kier molecular flexibility index (Phi) is 3.28. The van der Waals surface area contributed by atoms with Crippen LogP contribution in [0.2, 0.25) is 5.02 Å². The summed E-state index contributed by atoms with van der Waals surface area (Å²) in [4.78, 5) is 10.8. The molecular formula is C9H10ClNO2. The molecule has 13 heavy (non-hydrogen) atoms. The van der Waals surface area contributed by atoms with Crippen molar-refractivity contribution in [2.75, 3.05) is 7.05 Å². The molecule has 1 unspecified atom stereocenters. The van der Waals surface area contributed by atoms with E-state index >= 15 is 0 Å². The van der Waals surface area contributed by atoms with Gasteiger partial charge in [0.05, 0.1) is 0 Å². The summed E-state index contributed by atoms with van der Waals surface area (Å²) in [6.45, 7) is 0. The van der Waals surface area contributed by atoms with E-state index in [4.69, 9.17) is 16.7 Å². The lowest BCUT2D eigenvalue weighted by molar-refractivity contribution is -0.139. The van der Waals surface area contributed by atoms with Crippen LogP contribution >= 0.6 is 11.6 Å². The van der Waals surface area contributed by atoms with Gasteiger partial charge in [0.25, 0.3) is 0 Å². The fraction of sp³-hybridized carbons (Fsp3) is 0.222. The summed E-state index contributed by atoms with van der Waals surface area (Å²) < 4.78 is 0. The molecular weight excluding hydrogens is 190 g/mol. The molecule has 0 saturated heterocycles. The van der Waals surface area contributed by atoms with E-state index in [9.17, 15) is 4.79 Å². The van der Waals surface area contributed by atoms with E-state index in [0.29, 0.717) is 10.6 Å². The topological polar surface area (TPSA) is 49.3 Å². The van der Waals surface area contributed by atoms with Crippen LogP contribution in [0, 0.1) is 0 Å². The lowest BCUT2D eigenvalue weighted by Crippen LogP contribution is -2.25. The number of nitrogens with one attached hydrogen (secondary N) is 1. The number of aliphatic carboxylic acids is 1. The number of rotatable bonds is 3. The zero-order valence-corrected chi connectivity index (χ0v) is 7.88. The van der Waals surface area contributed by atoms with Crippen molar-refractivity contribution in [3.63, 3.8) is 0 Å². The van der Waals surface area contributed by atoms with Crippen molar-refractivity contribution in [2.24, 2.45) is 0 Å². The van der Waals surface area contributed by atoms with E-state index in [1.165, 1.54) is 0 Å². The van der Waals surface area contributed by atoms with Crippen LogP contribution in [0.4, 0.5) is 0 Å². The Hall–Kier alpha value is -1.06. The molecule has 0 radical (unpaired) electrons. The van der Waals surface area contributed by atoms with E-state index in [0.717, 1.165) is 0 Å². The number of halogens is 1.